The van der Waals surface area contributed by atoms with Crippen molar-refractivity contribution in [2.75, 3.05) is 21.7 Å². The molecule has 1 N–H and O–H groups in total. The quantitative estimate of drug-likeness (QED) is 0.244. The van der Waals surface area contributed by atoms with Crippen molar-refractivity contribution in [2.24, 2.45) is 0 Å². The van der Waals surface area contributed by atoms with E-state index in [0.29, 0.717) is 35.2 Å². The maximum Gasteiger partial charge on any atom is 0.416 e. The maximum absolute atomic E-state index is 13.8. The summed E-state index contributed by atoms with van der Waals surface area (Å²) >= 11 is 0. The molecule has 0 aromatic heterocycles. The highest BCUT2D eigenvalue weighted by atomic mass is 19.4. The Hall–Kier alpha value is -4.43. The Bertz CT molecular complexity index is 1470. The molecular weight excluding hydrogens is 585 g/mol. The first-order valence-corrected chi connectivity index (χ1v) is 12.1. The van der Waals surface area contributed by atoms with Gasteiger partial charge in [-0.15, -0.1) is 0 Å². The van der Waals surface area contributed by atoms with Gasteiger partial charge in [0.05, 0.1) is 23.3 Å². The van der Waals surface area contributed by atoms with E-state index in [1.807, 2.05) is 0 Å². The minimum atomic E-state index is -4.87. The Morgan fingerprint density at radius 3 is 1.76 bits per heavy atom. The first kappa shape index (κ1) is 30.5. The van der Waals surface area contributed by atoms with E-state index in [2.05, 4.69) is 5.32 Å². The van der Waals surface area contributed by atoms with Crippen LogP contribution in [0.4, 0.5) is 56.6 Å². The highest BCUT2D eigenvalue weighted by Crippen LogP contribution is 2.40. The zero-order chi connectivity index (χ0) is 31.0. The number of rotatable bonds is 6. The van der Waals surface area contributed by atoms with Crippen molar-refractivity contribution in [1.29, 1.82) is 0 Å². The fourth-order valence-corrected chi connectivity index (χ4v) is 4.38. The van der Waals surface area contributed by atoms with Gasteiger partial charge >= 0.3 is 24.5 Å². The number of carbonyl (C=O) groups is 2. The van der Waals surface area contributed by atoms with Crippen molar-refractivity contribution in [2.45, 2.75) is 37.8 Å². The van der Waals surface area contributed by atoms with E-state index in [1.165, 1.54) is 6.92 Å². The van der Waals surface area contributed by atoms with Crippen LogP contribution in [0.5, 0.6) is 0 Å². The van der Waals surface area contributed by atoms with Crippen LogP contribution in [0.3, 0.4) is 0 Å². The van der Waals surface area contributed by atoms with Crippen molar-refractivity contribution < 1.29 is 53.8 Å². The Labute approximate surface area is 232 Å². The van der Waals surface area contributed by atoms with Crippen LogP contribution in [-0.4, -0.2) is 30.8 Å². The summed E-state index contributed by atoms with van der Waals surface area (Å²) in [5, 5.41) is 2.50. The molecule has 1 saturated heterocycles. The van der Waals surface area contributed by atoms with Crippen LogP contribution in [-0.2, 0) is 32.9 Å². The molecule has 1 amide bonds. The number of carbonyl (C=O) groups excluding carboxylic acids is 2. The van der Waals surface area contributed by atoms with Gasteiger partial charge in [0.15, 0.2) is 6.17 Å². The fraction of sp³-hybridized carbons (Fsp3) is 0.259. The summed E-state index contributed by atoms with van der Waals surface area (Å²) in [6, 6.07) is 10.2. The van der Waals surface area contributed by atoms with Crippen molar-refractivity contribution in [3.05, 3.63) is 89.5 Å². The molecule has 0 unspecified atom stereocenters. The molecular formula is C27H20F9N3O3. The lowest BCUT2D eigenvalue weighted by Crippen LogP contribution is -2.49. The number of halogens is 9. The average Bonchev–Trinajstić information content (AvgIpc) is 3.19. The third-order valence-electron chi connectivity index (χ3n) is 6.17. The van der Waals surface area contributed by atoms with Crippen LogP contribution in [0.15, 0.2) is 72.8 Å². The van der Waals surface area contributed by atoms with Gasteiger partial charge in [0.2, 0.25) is 6.17 Å². The predicted molar refractivity (Wildman–Crippen MR) is 132 cm³/mol. The number of benzene rings is 3. The van der Waals surface area contributed by atoms with Gasteiger partial charge in [-0.1, -0.05) is 18.2 Å². The Kier molecular flexibility index (Phi) is 8.07. The zero-order valence-electron chi connectivity index (χ0n) is 21.3. The first-order valence-electron chi connectivity index (χ1n) is 12.1. The van der Waals surface area contributed by atoms with Gasteiger partial charge in [-0.25, -0.2) is 4.79 Å². The van der Waals surface area contributed by atoms with Gasteiger partial charge in [0, 0.05) is 17.1 Å². The molecule has 2 atom stereocenters. The second kappa shape index (κ2) is 11.1. The monoisotopic (exact) mass is 605 g/mol. The standard InChI is InChI=1S/C27H20F9N3O3/c1-2-42-24(41)22-38(19-10-4-7-16(13-19)26(31,32)33)21(37-18-9-3-6-15(12-18)25(28,29)30)23(40)39(22)20-11-5-8-17(14-20)27(34,35)36/h3-14,21-22,37H,2H2,1H3/t21-,22+/m0/s1. The molecule has 1 aliphatic heterocycles. The van der Waals surface area contributed by atoms with Crippen molar-refractivity contribution in [3.8, 4) is 0 Å². The largest absolute Gasteiger partial charge is 0.463 e. The minimum absolute atomic E-state index is 0.276. The lowest BCUT2D eigenvalue weighted by Gasteiger charge is -2.32. The van der Waals surface area contributed by atoms with Crippen LogP contribution in [0, 0.1) is 0 Å². The van der Waals surface area contributed by atoms with E-state index in [9.17, 15) is 49.1 Å². The molecule has 42 heavy (non-hydrogen) atoms. The molecule has 3 aromatic rings. The normalized spacial score (nSPS) is 17.9. The summed E-state index contributed by atoms with van der Waals surface area (Å²) < 4.78 is 126. The molecule has 6 nitrogen and oxygen atoms in total. The molecule has 3 aromatic carbocycles. The smallest absolute Gasteiger partial charge is 0.416 e. The molecule has 0 radical (unpaired) electrons. The number of ether oxygens (including phenoxy) is 1. The highest BCUT2D eigenvalue weighted by molar-refractivity contribution is 6.10. The summed E-state index contributed by atoms with van der Waals surface area (Å²) in [5.74, 6) is -2.36. The minimum Gasteiger partial charge on any atom is -0.463 e. The number of alkyl halides is 9. The molecule has 0 spiro atoms. The van der Waals surface area contributed by atoms with E-state index in [4.69, 9.17) is 4.74 Å². The fourth-order valence-electron chi connectivity index (χ4n) is 4.38. The number of hydrogen-bond acceptors (Lipinski definition) is 5. The number of esters is 1. The third kappa shape index (κ3) is 6.24. The number of anilines is 3. The molecule has 4 rings (SSSR count). The van der Waals surface area contributed by atoms with Crippen LogP contribution < -0.4 is 15.1 Å². The summed E-state index contributed by atoms with van der Waals surface area (Å²) in [6.45, 7) is 1.11. The second-order valence-corrected chi connectivity index (χ2v) is 8.96. The van der Waals surface area contributed by atoms with E-state index in [-0.39, 0.29) is 12.3 Å². The lowest BCUT2D eigenvalue weighted by atomic mass is 10.1. The second-order valence-electron chi connectivity index (χ2n) is 8.96. The number of amides is 1. The Morgan fingerprint density at radius 1 is 0.762 bits per heavy atom. The van der Waals surface area contributed by atoms with Gasteiger partial charge < -0.3 is 15.0 Å². The summed E-state index contributed by atoms with van der Waals surface area (Å²) in [7, 11) is 0. The molecule has 224 valence electrons. The van der Waals surface area contributed by atoms with Gasteiger partial charge in [-0.3, -0.25) is 9.69 Å². The Morgan fingerprint density at radius 2 is 1.24 bits per heavy atom. The summed E-state index contributed by atoms with van der Waals surface area (Å²) in [4.78, 5) is 28.5. The molecule has 0 bridgehead atoms. The van der Waals surface area contributed by atoms with Crippen LogP contribution >= 0.6 is 0 Å². The average molecular weight is 605 g/mol. The van der Waals surface area contributed by atoms with Crippen LogP contribution in [0.1, 0.15) is 23.6 Å². The zero-order valence-corrected chi connectivity index (χ0v) is 21.3. The molecule has 0 saturated carbocycles. The molecule has 1 aliphatic rings. The number of nitrogens with one attached hydrogen (secondary N) is 1. The van der Waals surface area contributed by atoms with Crippen molar-refractivity contribution in [1.82, 2.24) is 0 Å². The van der Waals surface area contributed by atoms with E-state index < -0.39 is 70.8 Å². The Balaban J connectivity index is 1.92. The van der Waals surface area contributed by atoms with Gasteiger partial charge in [0.1, 0.15) is 0 Å². The molecule has 15 heteroatoms. The summed E-state index contributed by atoms with van der Waals surface area (Å²) in [5.41, 5.74) is -4.68. The molecule has 0 aliphatic carbocycles. The predicted octanol–water partition coefficient (Wildman–Crippen LogP) is 6.92. The molecule has 1 fully saturated rings. The highest BCUT2D eigenvalue weighted by Gasteiger charge is 2.52. The number of hydrogen-bond donors (Lipinski definition) is 1. The lowest BCUT2D eigenvalue weighted by molar-refractivity contribution is -0.144. The van der Waals surface area contributed by atoms with Gasteiger partial charge in [0.25, 0.3) is 5.91 Å². The van der Waals surface area contributed by atoms with E-state index in [0.717, 1.165) is 47.4 Å². The van der Waals surface area contributed by atoms with Crippen molar-refractivity contribution >= 4 is 28.9 Å². The van der Waals surface area contributed by atoms with Crippen LogP contribution in [0.25, 0.3) is 0 Å². The maximum atomic E-state index is 13.8. The SMILES string of the molecule is CCOC(=O)[C@H]1N(c2cccc(C(F)(F)F)c2)C(=O)[C@@H](Nc2cccc(C(F)(F)F)c2)N1c1cccc(C(F)(F)F)c1. The molecule has 1 heterocycles. The van der Waals surface area contributed by atoms with Crippen LogP contribution in [0.2, 0.25) is 0 Å². The number of nitrogens with zero attached hydrogens (tertiary/aromatic N) is 2. The third-order valence-corrected chi connectivity index (χ3v) is 6.17. The van der Waals surface area contributed by atoms with Crippen molar-refractivity contribution in [3.63, 3.8) is 0 Å². The topological polar surface area (TPSA) is 61.9 Å². The summed E-state index contributed by atoms with van der Waals surface area (Å²) in [6.07, 6.45) is -18.3. The van der Waals surface area contributed by atoms with Gasteiger partial charge in [-0.05, 0) is 61.5 Å². The van der Waals surface area contributed by atoms with Gasteiger partial charge in [-0.2, -0.15) is 39.5 Å². The van der Waals surface area contributed by atoms with E-state index in [1.54, 1.807) is 0 Å². The van der Waals surface area contributed by atoms with E-state index >= 15 is 0 Å². The first-order chi connectivity index (χ1) is 19.5.